The van der Waals surface area contributed by atoms with Gasteiger partial charge in [0, 0.05) is 25.3 Å². The molecule has 27 heavy (non-hydrogen) atoms. The van der Waals surface area contributed by atoms with Crippen LogP contribution in [0, 0.1) is 13.8 Å². The predicted molar refractivity (Wildman–Crippen MR) is 103 cm³/mol. The molecule has 0 bridgehead atoms. The molecule has 2 rings (SSSR count). The van der Waals surface area contributed by atoms with Crippen molar-refractivity contribution in [3.63, 3.8) is 0 Å². The Morgan fingerprint density at radius 2 is 1.93 bits per heavy atom. The minimum absolute atomic E-state index is 0.328. The first-order chi connectivity index (χ1) is 12.8. The van der Waals surface area contributed by atoms with E-state index in [9.17, 15) is 13.2 Å². The molecular formula is C19H26N2O5S. The van der Waals surface area contributed by atoms with Gasteiger partial charge in [-0.15, -0.1) is 0 Å². The van der Waals surface area contributed by atoms with Gasteiger partial charge in [-0.05, 0) is 39.3 Å². The predicted octanol–water partition coefficient (Wildman–Crippen LogP) is 2.42. The van der Waals surface area contributed by atoms with Crippen molar-refractivity contribution in [2.75, 3.05) is 25.5 Å². The van der Waals surface area contributed by atoms with Gasteiger partial charge in [0.05, 0.1) is 11.4 Å². The number of carbonyl (C=O) groups is 1. The van der Waals surface area contributed by atoms with Crippen molar-refractivity contribution in [2.24, 2.45) is 0 Å². The highest BCUT2D eigenvalue weighted by molar-refractivity contribution is 7.91. The molecule has 0 radical (unpaired) electrons. The van der Waals surface area contributed by atoms with Crippen LogP contribution in [-0.2, 0) is 25.1 Å². The fourth-order valence-electron chi connectivity index (χ4n) is 2.44. The fraction of sp³-hybridized carbons (Fsp3) is 0.474. The van der Waals surface area contributed by atoms with Crippen LogP contribution in [0.3, 0.4) is 0 Å². The summed E-state index contributed by atoms with van der Waals surface area (Å²) in [6.07, 6.45) is 0.641. The summed E-state index contributed by atoms with van der Waals surface area (Å²) in [6, 6.07) is 7.60. The summed E-state index contributed by atoms with van der Waals surface area (Å²) in [5.74, 6) is -0.621. The van der Waals surface area contributed by atoms with E-state index in [1.807, 2.05) is 38.1 Å². The molecule has 1 N–H and O–H groups in total. The molecule has 2 aromatic rings. The van der Waals surface area contributed by atoms with Crippen molar-refractivity contribution < 1.29 is 22.4 Å². The lowest BCUT2D eigenvalue weighted by Crippen LogP contribution is -2.32. The highest BCUT2D eigenvalue weighted by Gasteiger charge is 2.22. The molecule has 148 valence electrons. The Hall–Kier alpha value is -2.19. The van der Waals surface area contributed by atoms with Gasteiger partial charge in [0.15, 0.2) is 9.84 Å². The molecule has 1 aromatic heterocycles. The number of carbonyl (C=O) groups excluding carboxylic acids is 1. The third kappa shape index (κ3) is 6.80. The summed E-state index contributed by atoms with van der Waals surface area (Å²) in [6.45, 7) is 7.07. The maximum absolute atomic E-state index is 12.3. The minimum atomic E-state index is -3.65. The number of benzene rings is 1. The highest BCUT2D eigenvalue weighted by atomic mass is 32.2. The molecule has 0 aliphatic carbocycles. The number of oxazole rings is 1. The standard InChI is InChI=1S/C19H26N2O5S/c1-4-25-11-5-10-20-18(22)13-27(23,24)12-17-15(3)26-19(21-17)16-8-6-14(2)7-9-16/h6-9H,4-5,10-13H2,1-3H3,(H,20,22). The number of aromatic nitrogens is 1. The van der Waals surface area contributed by atoms with Crippen LogP contribution in [0.5, 0.6) is 0 Å². The number of ether oxygens (including phenoxy) is 1. The molecular weight excluding hydrogens is 368 g/mol. The van der Waals surface area contributed by atoms with E-state index in [2.05, 4.69) is 10.3 Å². The van der Waals surface area contributed by atoms with Gasteiger partial charge in [0.2, 0.25) is 11.8 Å². The average Bonchev–Trinajstić information content (AvgIpc) is 2.94. The van der Waals surface area contributed by atoms with Gasteiger partial charge in [-0.3, -0.25) is 4.79 Å². The summed E-state index contributed by atoms with van der Waals surface area (Å²) < 4.78 is 35.4. The van der Waals surface area contributed by atoms with Crippen molar-refractivity contribution in [3.05, 3.63) is 41.3 Å². The number of rotatable bonds is 10. The zero-order valence-electron chi connectivity index (χ0n) is 15.9. The summed E-state index contributed by atoms with van der Waals surface area (Å²) >= 11 is 0. The van der Waals surface area contributed by atoms with Crippen LogP contribution >= 0.6 is 0 Å². The second-order valence-electron chi connectivity index (χ2n) is 6.32. The molecule has 0 unspecified atom stereocenters. The first kappa shape index (κ1) is 21.1. The van der Waals surface area contributed by atoms with Crippen molar-refractivity contribution >= 4 is 15.7 Å². The van der Waals surface area contributed by atoms with Crippen molar-refractivity contribution in [2.45, 2.75) is 32.9 Å². The van der Waals surface area contributed by atoms with Gasteiger partial charge in [0.25, 0.3) is 0 Å². The van der Waals surface area contributed by atoms with Gasteiger partial charge in [0.1, 0.15) is 11.5 Å². The van der Waals surface area contributed by atoms with Crippen molar-refractivity contribution in [1.82, 2.24) is 10.3 Å². The Morgan fingerprint density at radius 3 is 2.59 bits per heavy atom. The van der Waals surface area contributed by atoms with Gasteiger partial charge in [-0.25, -0.2) is 13.4 Å². The summed E-state index contributed by atoms with van der Waals surface area (Å²) in [5.41, 5.74) is 2.21. The SMILES string of the molecule is CCOCCCNC(=O)CS(=O)(=O)Cc1nc(-c2ccc(C)cc2)oc1C. The third-order valence-corrected chi connectivity index (χ3v) is 5.31. The molecule has 0 saturated carbocycles. The van der Waals surface area contributed by atoms with E-state index in [0.717, 1.165) is 11.1 Å². The molecule has 0 fully saturated rings. The summed E-state index contributed by atoms with van der Waals surface area (Å²) in [7, 11) is -3.65. The van der Waals surface area contributed by atoms with E-state index < -0.39 is 21.5 Å². The van der Waals surface area contributed by atoms with Crippen LogP contribution < -0.4 is 5.32 Å². The van der Waals surface area contributed by atoms with Gasteiger partial charge in [-0.1, -0.05) is 17.7 Å². The largest absolute Gasteiger partial charge is 0.441 e. The molecule has 1 aromatic carbocycles. The smallest absolute Gasteiger partial charge is 0.235 e. The number of amides is 1. The quantitative estimate of drug-likeness (QED) is 0.622. The normalized spacial score (nSPS) is 11.5. The average molecular weight is 394 g/mol. The van der Waals surface area contributed by atoms with E-state index in [4.69, 9.17) is 9.15 Å². The Bertz CT molecular complexity index is 857. The van der Waals surface area contributed by atoms with Crippen molar-refractivity contribution in [3.8, 4) is 11.5 Å². The van der Waals surface area contributed by atoms with Crippen LogP contribution in [0.15, 0.2) is 28.7 Å². The Morgan fingerprint density at radius 1 is 1.22 bits per heavy atom. The van der Waals surface area contributed by atoms with Crippen LogP contribution in [0.1, 0.15) is 30.4 Å². The second-order valence-corrected chi connectivity index (χ2v) is 8.39. The van der Waals surface area contributed by atoms with E-state index in [-0.39, 0.29) is 5.75 Å². The number of hydrogen-bond donors (Lipinski definition) is 1. The minimum Gasteiger partial charge on any atom is -0.441 e. The highest BCUT2D eigenvalue weighted by Crippen LogP contribution is 2.23. The lowest BCUT2D eigenvalue weighted by atomic mass is 10.1. The topological polar surface area (TPSA) is 98.5 Å². The number of nitrogens with zero attached hydrogens (tertiary/aromatic N) is 1. The van der Waals surface area contributed by atoms with Crippen molar-refractivity contribution in [1.29, 1.82) is 0 Å². The number of aryl methyl sites for hydroxylation is 2. The second kappa shape index (κ2) is 9.66. The molecule has 1 heterocycles. The maximum atomic E-state index is 12.3. The van der Waals surface area contributed by atoms with Crippen LogP contribution in [0.4, 0.5) is 0 Å². The fourth-order valence-corrected chi connectivity index (χ4v) is 3.73. The maximum Gasteiger partial charge on any atom is 0.235 e. The molecule has 7 nitrogen and oxygen atoms in total. The Kier molecular flexibility index (Phi) is 7.55. The van der Waals surface area contributed by atoms with Crippen LogP contribution in [-0.4, -0.2) is 44.8 Å². The summed E-state index contributed by atoms with van der Waals surface area (Å²) in [5, 5.41) is 2.59. The molecule has 0 saturated heterocycles. The number of hydrogen-bond acceptors (Lipinski definition) is 6. The lowest BCUT2D eigenvalue weighted by Gasteiger charge is -2.06. The van der Waals surface area contributed by atoms with Crippen LogP contribution in [0.2, 0.25) is 0 Å². The third-order valence-electron chi connectivity index (χ3n) is 3.89. The van der Waals surface area contributed by atoms with E-state index in [0.29, 0.717) is 43.5 Å². The van der Waals surface area contributed by atoms with Gasteiger partial charge < -0.3 is 14.5 Å². The molecule has 1 amide bonds. The number of nitrogens with one attached hydrogen (secondary N) is 1. The molecule has 0 atom stereocenters. The zero-order valence-corrected chi connectivity index (χ0v) is 16.8. The molecule has 0 spiro atoms. The Labute approximate surface area is 160 Å². The zero-order chi connectivity index (χ0) is 19.9. The number of sulfone groups is 1. The van der Waals surface area contributed by atoms with Crippen LogP contribution in [0.25, 0.3) is 11.5 Å². The van der Waals surface area contributed by atoms with Gasteiger partial charge >= 0.3 is 0 Å². The molecule has 0 aliphatic rings. The van der Waals surface area contributed by atoms with Gasteiger partial charge in [-0.2, -0.15) is 0 Å². The summed E-state index contributed by atoms with van der Waals surface area (Å²) in [4.78, 5) is 16.2. The first-order valence-electron chi connectivity index (χ1n) is 8.89. The molecule has 8 heteroatoms. The first-order valence-corrected chi connectivity index (χ1v) is 10.7. The van der Waals surface area contributed by atoms with E-state index in [1.165, 1.54) is 0 Å². The Balaban J connectivity index is 1.95. The lowest BCUT2D eigenvalue weighted by molar-refractivity contribution is -0.118. The van der Waals surface area contributed by atoms with E-state index >= 15 is 0 Å². The molecule has 0 aliphatic heterocycles. The van der Waals surface area contributed by atoms with E-state index in [1.54, 1.807) is 6.92 Å². The monoisotopic (exact) mass is 394 g/mol.